The smallest absolute Gasteiger partial charge is 0.289 e. The van der Waals surface area contributed by atoms with Crippen LogP contribution >= 0.6 is 0 Å². The van der Waals surface area contributed by atoms with Crippen LogP contribution < -0.4 is 5.32 Å². The Hall–Kier alpha value is -2.57. The molecule has 3 rings (SSSR count). The monoisotopic (exact) mass is 344 g/mol. The molecule has 25 heavy (non-hydrogen) atoms. The van der Waals surface area contributed by atoms with Gasteiger partial charge in [-0.25, -0.2) is 4.98 Å². The average molecular weight is 344 g/mol. The number of aromatic nitrogens is 2. The Morgan fingerprint density at radius 1 is 1.40 bits per heavy atom. The normalized spacial score (nSPS) is 17.5. The Labute approximate surface area is 147 Å². The van der Waals surface area contributed by atoms with Gasteiger partial charge in [0.1, 0.15) is 11.6 Å². The molecule has 7 heteroatoms. The molecule has 1 atom stereocenters. The van der Waals surface area contributed by atoms with Gasteiger partial charge in [0.15, 0.2) is 5.76 Å². The first-order valence-corrected chi connectivity index (χ1v) is 8.72. The van der Waals surface area contributed by atoms with Crippen molar-refractivity contribution >= 4 is 11.8 Å². The number of carbonyl (C=O) groups excluding carboxylic acids is 2. The second kappa shape index (κ2) is 7.55. The molecule has 2 aromatic rings. The minimum atomic E-state index is -0.129. The second-order valence-corrected chi connectivity index (χ2v) is 6.33. The first-order valence-electron chi connectivity index (χ1n) is 8.72. The van der Waals surface area contributed by atoms with Crippen LogP contribution in [-0.2, 0) is 17.8 Å². The number of piperidine rings is 1. The minimum absolute atomic E-state index is 0.100. The van der Waals surface area contributed by atoms with Gasteiger partial charge in [-0.15, -0.1) is 0 Å². The topological polar surface area (TPSA) is 80.4 Å². The Bertz CT molecular complexity index is 749. The van der Waals surface area contributed by atoms with E-state index in [0.717, 1.165) is 31.6 Å². The number of imidazole rings is 1. The van der Waals surface area contributed by atoms with Crippen LogP contribution in [0.2, 0.25) is 0 Å². The van der Waals surface area contributed by atoms with Crippen molar-refractivity contribution in [1.29, 1.82) is 0 Å². The Morgan fingerprint density at radius 3 is 3.00 bits per heavy atom. The van der Waals surface area contributed by atoms with Gasteiger partial charge in [0, 0.05) is 38.8 Å². The summed E-state index contributed by atoms with van der Waals surface area (Å²) in [7, 11) is 0. The maximum atomic E-state index is 12.7. The van der Waals surface area contributed by atoms with E-state index in [-0.39, 0.29) is 17.9 Å². The van der Waals surface area contributed by atoms with Crippen molar-refractivity contribution in [3.8, 4) is 0 Å². The molecule has 0 bridgehead atoms. The van der Waals surface area contributed by atoms with E-state index < -0.39 is 0 Å². The highest BCUT2D eigenvalue weighted by molar-refractivity contribution is 5.91. The number of nitrogens with zero attached hydrogens (tertiary/aromatic N) is 3. The summed E-state index contributed by atoms with van der Waals surface area (Å²) >= 11 is 0. The minimum Gasteiger partial charge on any atom is -0.454 e. The van der Waals surface area contributed by atoms with Gasteiger partial charge in [-0.2, -0.15) is 0 Å². The van der Waals surface area contributed by atoms with Crippen LogP contribution in [0.5, 0.6) is 0 Å². The fourth-order valence-electron chi connectivity index (χ4n) is 3.27. The van der Waals surface area contributed by atoms with E-state index in [1.54, 1.807) is 12.1 Å². The molecular weight excluding hydrogens is 320 g/mol. The lowest BCUT2D eigenvalue weighted by Gasteiger charge is -2.33. The van der Waals surface area contributed by atoms with Crippen LogP contribution in [-0.4, -0.2) is 39.4 Å². The summed E-state index contributed by atoms with van der Waals surface area (Å²) < 4.78 is 7.78. The second-order valence-electron chi connectivity index (χ2n) is 6.33. The number of carbonyl (C=O) groups is 2. The summed E-state index contributed by atoms with van der Waals surface area (Å²) in [4.78, 5) is 29.9. The highest BCUT2D eigenvalue weighted by Crippen LogP contribution is 2.24. The zero-order valence-electron chi connectivity index (χ0n) is 14.7. The summed E-state index contributed by atoms with van der Waals surface area (Å²) in [6.45, 7) is 5.21. The predicted molar refractivity (Wildman–Crippen MR) is 92.0 cm³/mol. The number of hydrogen-bond acceptors (Lipinski definition) is 4. The van der Waals surface area contributed by atoms with Gasteiger partial charge in [0.2, 0.25) is 5.91 Å². The Kier molecular flexibility index (Phi) is 5.21. The van der Waals surface area contributed by atoms with E-state index in [1.165, 1.54) is 6.92 Å². The van der Waals surface area contributed by atoms with Crippen molar-refractivity contribution in [2.45, 2.75) is 45.7 Å². The van der Waals surface area contributed by atoms with Gasteiger partial charge in [-0.05, 0) is 25.0 Å². The van der Waals surface area contributed by atoms with Crippen molar-refractivity contribution in [3.05, 3.63) is 41.9 Å². The zero-order valence-corrected chi connectivity index (χ0v) is 14.7. The molecule has 7 nitrogen and oxygen atoms in total. The molecule has 2 aromatic heterocycles. The lowest BCUT2D eigenvalue weighted by molar-refractivity contribution is -0.119. The number of likely N-dealkylation sites (tertiary alicyclic amines) is 1. The molecule has 134 valence electrons. The molecule has 0 aromatic carbocycles. The van der Waals surface area contributed by atoms with Crippen molar-refractivity contribution in [1.82, 2.24) is 19.8 Å². The molecule has 3 heterocycles. The molecule has 1 aliphatic rings. The predicted octanol–water partition coefficient (Wildman–Crippen LogP) is 2.15. The number of rotatable bonds is 5. The van der Waals surface area contributed by atoms with Gasteiger partial charge in [-0.1, -0.05) is 6.92 Å². The number of nitrogens with one attached hydrogen (secondary N) is 1. The summed E-state index contributed by atoms with van der Waals surface area (Å²) in [5.41, 5.74) is 0. The number of amides is 2. The van der Waals surface area contributed by atoms with Crippen LogP contribution in [0.25, 0.3) is 0 Å². The number of aryl methyl sites for hydroxylation is 1. The summed E-state index contributed by atoms with van der Waals surface area (Å²) in [5.74, 6) is 1.72. The quantitative estimate of drug-likeness (QED) is 0.901. The molecule has 0 saturated carbocycles. The molecule has 1 saturated heterocycles. The van der Waals surface area contributed by atoms with Gasteiger partial charge in [-0.3, -0.25) is 9.59 Å². The standard InChI is InChI=1S/C18H24N4O3/c1-3-17-19-8-10-22(17)14-5-4-9-21(12-14)18(24)16-7-6-15(25-16)11-20-13(2)23/h6-8,10,14H,3-5,9,11-12H2,1-2H3,(H,20,23)/t14-/m1/s1. The maximum Gasteiger partial charge on any atom is 0.289 e. The van der Waals surface area contributed by atoms with Crippen LogP contribution in [0.4, 0.5) is 0 Å². The maximum absolute atomic E-state index is 12.7. The van der Waals surface area contributed by atoms with E-state index in [0.29, 0.717) is 24.6 Å². The lowest BCUT2D eigenvalue weighted by atomic mass is 10.0. The third-order valence-electron chi connectivity index (χ3n) is 4.53. The van der Waals surface area contributed by atoms with Crippen LogP contribution in [0.15, 0.2) is 28.9 Å². The molecule has 0 unspecified atom stereocenters. The number of hydrogen-bond donors (Lipinski definition) is 1. The van der Waals surface area contributed by atoms with Crippen molar-refractivity contribution in [2.24, 2.45) is 0 Å². The van der Waals surface area contributed by atoms with Crippen LogP contribution in [0, 0.1) is 0 Å². The number of furan rings is 1. The Morgan fingerprint density at radius 2 is 2.24 bits per heavy atom. The molecule has 0 aliphatic carbocycles. The van der Waals surface area contributed by atoms with Crippen LogP contribution in [0.1, 0.15) is 54.9 Å². The molecular formula is C18H24N4O3. The fourth-order valence-corrected chi connectivity index (χ4v) is 3.27. The highest BCUT2D eigenvalue weighted by Gasteiger charge is 2.27. The molecule has 1 N–H and O–H groups in total. The summed E-state index contributed by atoms with van der Waals surface area (Å²) in [6.07, 6.45) is 6.69. The van der Waals surface area contributed by atoms with E-state index in [2.05, 4.69) is 21.8 Å². The van der Waals surface area contributed by atoms with Gasteiger partial charge in [0.25, 0.3) is 5.91 Å². The third kappa shape index (κ3) is 3.92. The van der Waals surface area contributed by atoms with E-state index in [9.17, 15) is 9.59 Å². The van der Waals surface area contributed by atoms with E-state index >= 15 is 0 Å². The van der Waals surface area contributed by atoms with Gasteiger partial charge >= 0.3 is 0 Å². The first-order chi connectivity index (χ1) is 12.1. The van der Waals surface area contributed by atoms with Crippen LogP contribution in [0.3, 0.4) is 0 Å². The largest absolute Gasteiger partial charge is 0.454 e. The molecule has 2 amide bonds. The summed E-state index contributed by atoms with van der Waals surface area (Å²) in [5, 5.41) is 2.66. The van der Waals surface area contributed by atoms with Crippen molar-refractivity contribution in [2.75, 3.05) is 13.1 Å². The van der Waals surface area contributed by atoms with E-state index in [1.807, 2.05) is 17.3 Å². The Balaban J connectivity index is 1.67. The van der Waals surface area contributed by atoms with Crippen molar-refractivity contribution in [3.63, 3.8) is 0 Å². The fraction of sp³-hybridized carbons (Fsp3) is 0.500. The molecule has 1 aliphatic heterocycles. The SMILES string of the molecule is CCc1nccn1[C@@H]1CCCN(C(=O)c2ccc(CNC(C)=O)o2)C1. The summed E-state index contributed by atoms with van der Waals surface area (Å²) in [6, 6.07) is 3.66. The lowest BCUT2D eigenvalue weighted by Crippen LogP contribution is -2.40. The van der Waals surface area contributed by atoms with Gasteiger partial charge < -0.3 is 19.2 Å². The van der Waals surface area contributed by atoms with Crippen molar-refractivity contribution < 1.29 is 14.0 Å². The molecule has 0 radical (unpaired) electrons. The van der Waals surface area contributed by atoms with E-state index in [4.69, 9.17) is 4.42 Å². The first kappa shape index (κ1) is 17.3. The van der Waals surface area contributed by atoms with Gasteiger partial charge in [0.05, 0.1) is 12.6 Å². The highest BCUT2D eigenvalue weighted by atomic mass is 16.4. The average Bonchev–Trinajstić information content (AvgIpc) is 3.28. The zero-order chi connectivity index (χ0) is 17.8. The molecule has 0 spiro atoms. The third-order valence-corrected chi connectivity index (χ3v) is 4.53. The molecule has 1 fully saturated rings.